The monoisotopic (exact) mass is 286 g/mol. The van der Waals surface area contributed by atoms with Crippen molar-refractivity contribution in [3.05, 3.63) is 71.2 Å². The molecule has 2 rings (SSSR count). The van der Waals surface area contributed by atoms with Crippen molar-refractivity contribution in [1.82, 2.24) is 4.90 Å². The molecule has 0 saturated heterocycles. The molecule has 0 amide bonds. The van der Waals surface area contributed by atoms with E-state index in [1.807, 2.05) is 63.5 Å². The van der Waals surface area contributed by atoms with E-state index < -0.39 is 5.60 Å². The van der Waals surface area contributed by atoms with Gasteiger partial charge in [0.05, 0.1) is 6.61 Å². The molecule has 2 aromatic rings. The Balaban J connectivity index is 2.37. The number of aromatic nitrogens is 1. The second-order valence-electron chi connectivity index (χ2n) is 5.46. The second kappa shape index (κ2) is 6.70. The molecule has 1 atom stereocenters. The van der Waals surface area contributed by atoms with Crippen LogP contribution in [0.3, 0.4) is 0 Å². The maximum Gasteiger partial charge on any atom is 0.229 e. The average Bonchev–Trinajstić information content (AvgIpc) is 2.48. The van der Waals surface area contributed by atoms with Gasteiger partial charge in [-0.25, -0.2) is 0 Å². The molecule has 1 aromatic carbocycles. The van der Waals surface area contributed by atoms with Gasteiger partial charge in [0.15, 0.2) is 11.8 Å². The van der Waals surface area contributed by atoms with Crippen LogP contribution in [0.5, 0.6) is 0 Å². The molecule has 0 radical (unpaired) electrons. The standard InChI is InChI=1S/C17H22N2O2/c1-17(21-14-13-18(2)3,15-9-5-4-6-10-15)16-11-7-8-12-19(16)20/h4-12H,13-14H2,1-3H3. The maximum absolute atomic E-state index is 12.2. The van der Waals surface area contributed by atoms with Crippen molar-refractivity contribution in [2.24, 2.45) is 0 Å². The first-order valence-corrected chi connectivity index (χ1v) is 7.07. The molecule has 0 fully saturated rings. The Kier molecular flexibility index (Phi) is 4.94. The summed E-state index contributed by atoms with van der Waals surface area (Å²) in [5.74, 6) is 0. The zero-order valence-corrected chi connectivity index (χ0v) is 12.8. The van der Waals surface area contributed by atoms with E-state index in [4.69, 9.17) is 4.74 Å². The van der Waals surface area contributed by atoms with Crippen molar-refractivity contribution in [3.8, 4) is 0 Å². The third-order valence-electron chi connectivity index (χ3n) is 3.57. The van der Waals surface area contributed by atoms with E-state index in [9.17, 15) is 5.21 Å². The Hall–Kier alpha value is -1.91. The number of nitrogens with zero attached hydrogens (tertiary/aromatic N) is 2. The van der Waals surface area contributed by atoms with Crippen LogP contribution >= 0.6 is 0 Å². The predicted octanol–water partition coefficient (Wildman–Crippen LogP) is 2.16. The summed E-state index contributed by atoms with van der Waals surface area (Å²) in [7, 11) is 4.00. The van der Waals surface area contributed by atoms with Crippen molar-refractivity contribution in [2.75, 3.05) is 27.2 Å². The van der Waals surface area contributed by atoms with Gasteiger partial charge in [0.2, 0.25) is 5.69 Å². The minimum atomic E-state index is -0.764. The Morgan fingerprint density at radius 1 is 1.10 bits per heavy atom. The van der Waals surface area contributed by atoms with E-state index in [-0.39, 0.29) is 0 Å². The van der Waals surface area contributed by atoms with Crippen LogP contribution in [0.4, 0.5) is 0 Å². The van der Waals surface area contributed by atoms with Gasteiger partial charge in [-0.2, -0.15) is 4.73 Å². The highest BCUT2D eigenvalue weighted by atomic mass is 16.5. The van der Waals surface area contributed by atoms with Crippen molar-refractivity contribution in [2.45, 2.75) is 12.5 Å². The number of benzene rings is 1. The fourth-order valence-corrected chi connectivity index (χ4v) is 2.29. The van der Waals surface area contributed by atoms with E-state index >= 15 is 0 Å². The van der Waals surface area contributed by atoms with Crippen LogP contribution in [0.1, 0.15) is 18.2 Å². The molecule has 4 heteroatoms. The molecule has 0 aliphatic rings. The highest BCUT2D eigenvalue weighted by molar-refractivity contribution is 5.29. The first-order chi connectivity index (χ1) is 10.0. The summed E-state index contributed by atoms with van der Waals surface area (Å²) in [5, 5.41) is 12.2. The minimum absolute atomic E-state index is 0.549. The van der Waals surface area contributed by atoms with Crippen LogP contribution in [0.25, 0.3) is 0 Å². The summed E-state index contributed by atoms with van der Waals surface area (Å²) < 4.78 is 7.01. The van der Waals surface area contributed by atoms with Crippen LogP contribution in [0, 0.1) is 5.21 Å². The zero-order valence-electron chi connectivity index (χ0n) is 12.8. The Morgan fingerprint density at radius 3 is 2.38 bits per heavy atom. The number of hydrogen-bond acceptors (Lipinski definition) is 3. The van der Waals surface area contributed by atoms with Gasteiger partial charge < -0.3 is 14.8 Å². The largest absolute Gasteiger partial charge is 0.618 e. The molecule has 1 unspecified atom stereocenters. The second-order valence-corrected chi connectivity index (χ2v) is 5.46. The van der Waals surface area contributed by atoms with Gasteiger partial charge in [-0.1, -0.05) is 30.3 Å². The van der Waals surface area contributed by atoms with Crippen LogP contribution in [-0.2, 0) is 10.3 Å². The normalized spacial score (nSPS) is 14.1. The molecule has 112 valence electrons. The maximum atomic E-state index is 12.2. The molecule has 0 aliphatic carbocycles. The average molecular weight is 286 g/mol. The van der Waals surface area contributed by atoms with Gasteiger partial charge >= 0.3 is 0 Å². The summed E-state index contributed by atoms with van der Waals surface area (Å²) in [6.07, 6.45) is 1.51. The smallest absolute Gasteiger partial charge is 0.229 e. The lowest BCUT2D eigenvalue weighted by Crippen LogP contribution is -2.43. The molecule has 0 saturated carbocycles. The molecule has 0 bridgehead atoms. The first kappa shape index (κ1) is 15.5. The lowest BCUT2D eigenvalue weighted by Gasteiger charge is -2.29. The van der Waals surface area contributed by atoms with E-state index in [0.29, 0.717) is 12.3 Å². The van der Waals surface area contributed by atoms with Gasteiger partial charge in [0.1, 0.15) is 0 Å². The van der Waals surface area contributed by atoms with Crippen LogP contribution < -0.4 is 4.73 Å². The van der Waals surface area contributed by atoms with E-state index in [0.717, 1.165) is 16.8 Å². The fourth-order valence-electron chi connectivity index (χ4n) is 2.29. The molecule has 0 aliphatic heterocycles. The van der Waals surface area contributed by atoms with Gasteiger partial charge in [0.25, 0.3) is 0 Å². The van der Waals surface area contributed by atoms with Gasteiger partial charge in [-0.3, -0.25) is 0 Å². The predicted molar refractivity (Wildman–Crippen MR) is 82.8 cm³/mol. The van der Waals surface area contributed by atoms with E-state index in [1.54, 1.807) is 6.07 Å². The molecule has 4 nitrogen and oxygen atoms in total. The SMILES string of the molecule is CN(C)CCOC(C)(c1ccccc1)c1cccc[n+]1[O-]. The summed E-state index contributed by atoms with van der Waals surface area (Å²) in [5.41, 5.74) is 0.801. The molecule has 21 heavy (non-hydrogen) atoms. The quantitative estimate of drug-likeness (QED) is 0.603. The highest BCUT2D eigenvalue weighted by Crippen LogP contribution is 2.31. The first-order valence-electron chi connectivity index (χ1n) is 7.07. The number of likely N-dealkylation sites (N-methyl/N-ethyl adjacent to an activating group) is 1. The molecule has 1 heterocycles. The number of rotatable bonds is 6. The van der Waals surface area contributed by atoms with Gasteiger partial charge in [0, 0.05) is 18.7 Å². The van der Waals surface area contributed by atoms with Crippen molar-refractivity contribution in [1.29, 1.82) is 0 Å². The summed E-state index contributed by atoms with van der Waals surface area (Å²) in [6, 6.07) is 15.3. The van der Waals surface area contributed by atoms with Gasteiger partial charge in [-0.05, 0) is 32.6 Å². The summed E-state index contributed by atoms with van der Waals surface area (Å²) in [4.78, 5) is 2.06. The number of hydrogen-bond donors (Lipinski definition) is 0. The third kappa shape index (κ3) is 3.60. The van der Waals surface area contributed by atoms with Crippen molar-refractivity contribution in [3.63, 3.8) is 0 Å². The number of pyridine rings is 1. The van der Waals surface area contributed by atoms with E-state index in [2.05, 4.69) is 4.90 Å². The lowest BCUT2D eigenvalue weighted by atomic mass is 9.91. The lowest BCUT2D eigenvalue weighted by molar-refractivity contribution is -0.621. The Morgan fingerprint density at radius 2 is 1.76 bits per heavy atom. The van der Waals surface area contributed by atoms with Crippen molar-refractivity contribution < 1.29 is 9.47 Å². The molecular weight excluding hydrogens is 264 g/mol. The van der Waals surface area contributed by atoms with Crippen LogP contribution in [-0.4, -0.2) is 32.1 Å². The Bertz CT molecular complexity index is 572. The zero-order chi connectivity index (χ0) is 15.3. The van der Waals surface area contributed by atoms with E-state index in [1.165, 1.54) is 6.20 Å². The van der Waals surface area contributed by atoms with Crippen LogP contribution in [0.15, 0.2) is 54.7 Å². The summed E-state index contributed by atoms with van der Waals surface area (Å²) >= 11 is 0. The minimum Gasteiger partial charge on any atom is -0.618 e. The molecule has 1 aromatic heterocycles. The van der Waals surface area contributed by atoms with Crippen molar-refractivity contribution >= 4 is 0 Å². The molecular formula is C17H22N2O2. The molecule has 0 N–H and O–H groups in total. The topological polar surface area (TPSA) is 39.4 Å². The highest BCUT2D eigenvalue weighted by Gasteiger charge is 2.36. The molecule has 0 spiro atoms. The Labute approximate surface area is 126 Å². The summed E-state index contributed by atoms with van der Waals surface area (Å²) in [6.45, 7) is 3.29. The van der Waals surface area contributed by atoms with Gasteiger partial charge in [-0.15, -0.1) is 0 Å². The third-order valence-corrected chi connectivity index (χ3v) is 3.57. The number of ether oxygens (including phenoxy) is 1. The fraction of sp³-hybridized carbons (Fsp3) is 0.353. The van der Waals surface area contributed by atoms with Crippen LogP contribution in [0.2, 0.25) is 0 Å².